The van der Waals surface area contributed by atoms with Crippen molar-refractivity contribution in [3.05, 3.63) is 67.1 Å². The minimum atomic E-state index is -4.73. The molecule has 126 valence electrons. The number of nitrogens with zero attached hydrogens (tertiary/aromatic N) is 1. The molecule has 0 bridgehead atoms. The molecule has 2 rings (SSSR count). The van der Waals surface area contributed by atoms with Gasteiger partial charge in [-0.15, -0.1) is 0 Å². The van der Waals surface area contributed by atoms with Crippen LogP contribution in [0.1, 0.15) is 15.9 Å². The van der Waals surface area contributed by atoms with Crippen molar-refractivity contribution in [2.75, 3.05) is 5.32 Å². The summed E-state index contributed by atoms with van der Waals surface area (Å²) in [7, 11) is 0. The highest BCUT2D eigenvalue weighted by molar-refractivity contribution is 9.10. The van der Waals surface area contributed by atoms with Crippen LogP contribution in [0.5, 0.6) is 0 Å². The molecule has 0 saturated carbocycles. The van der Waals surface area contributed by atoms with Crippen LogP contribution in [0.4, 0.5) is 24.5 Å². The fourth-order valence-corrected chi connectivity index (χ4v) is 2.45. The molecule has 0 unspecified atom stereocenters. The van der Waals surface area contributed by atoms with Gasteiger partial charge in [-0.25, -0.2) is 0 Å². The van der Waals surface area contributed by atoms with Crippen molar-refractivity contribution >= 4 is 44.8 Å². The fraction of sp³-hybridized carbons (Fsp3) is 0.0714. The van der Waals surface area contributed by atoms with Gasteiger partial charge in [0.05, 0.1) is 21.7 Å². The van der Waals surface area contributed by atoms with E-state index < -0.39 is 28.3 Å². The van der Waals surface area contributed by atoms with E-state index in [1.165, 1.54) is 12.1 Å². The molecule has 0 fully saturated rings. The molecule has 0 saturated heterocycles. The van der Waals surface area contributed by atoms with Crippen LogP contribution in [-0.4, -0.2) is 10.8 Å². The first-order chi connectivity index (χ1) is 11.1. The van der Waals surface area contributed by atoms with Gasteiger partial charge in [0.25, 0.3) is 11.6 Å². The monoisotopic (exact) mass is 422 g/mol. The fourth-order valence-electron chi connectivity index (χ4n) is 1.85. The molecule has 2 aromatic rings. The Morgan fingerprint density at radius 3 is 2.46 bits per heavy atom. The molecule has 2 aromatic carbocycles. The van der Waals surface area contributed by atoms with Gasteiger partial charge >= 0.3 is 6.18 Å². The number of nitro benzene ring substituents is 1. The first-order valence-electron chi connectivity index (χ1n) is 6.21. The number of carbonyl (C=O) groups is 1. The second-order valence-corrected chi connectivity index (χ2v) is 5.85. The van der Waals surface area contributed by atoms with Crippen LogP contribution in [0, 0.1) is 10.1 Å². The number of halogens is 5. The summed E-state index contributed by atoms with van der Waals surface area (Å²) in [6.45, 7) is 0. The molecule has 0 aromatic heterocycles. The lowest BCUT2D eigenvalue weighted by atomic mass is 10.1. The van der Waals surface area contributed by atoms with Crippen LogP contribution in [0.2, 0.25) is 5.02 Å². The van der Waals surface area contributed by atoms with E-state index in [2.05, 4.69) is 21.2 Å². The third kappa shape index (κ3) is 4.04. The summed E-state index contributed by atoms with van der Waals surface area (Å²) >= 11 is 8.60. The average molecular weight is 424 g/mol. The van der Waals surface area contributed by atoms with E-state index >= 15 is 0 Å². The first kappa shape index (κ1) is 18.2. The van der Waals surface area contributed by atoms with E-state index in [-0.39, 0.29) is 20.7 Å². The predicted molar refractivity (Wildman–Crippen MR) is 85.2 cm³/mol. The number of anilines is 1. The van der Waals surface area contributed by atoms with Gasteiger partial charge in [-0.05, 0) is 40.2 Å². The maximum absolute atomic E-state index is 13.0. The highest BCUT2D eigenvalue weighted by atomic mass is 79.9. The second kappa shape index (κ2) is 6.78. The van der Waals surface area contributed by atoms with Crippen LogP contribution < -0.4 is 5.32 Å². The highest BCUT2D eigenvalue weighted by Gasteiger charge is 2.34. The third-order valence-electron chi connectivity index (χ3n) is 2.94. The SMILES string of the molecule is O=C(Nc1ccc(Cl)cc1C(F)(F)F)c1cc([N+](=O)[O-])ccc1Br. The lowest BCUT2D eigenvalue weighted by Gasteiger charge is -2.14. The van der Waals surface area contributed by atoms with Crippen molar-refractivity contribution in [2.45, 2.75) is 6.18 Å². The smallest absolute Gasteiger partial charge is 0.321 e. The molecule has 0 aliphatic rings. The Kier molecular flexibility index (Phi) is 5.14. The summed E-state index contributed by atoms with van der Waals surface area (Å²) in [5.41, 5.74) is -2.16. The first-order valence-corrected chi connectivity index (χ1v) is 7.38. The molecule has 0 aliphatic carbocycles. The van der Waals surface area contributed by atoms with Gasteiger partial charge in [-0.2, -0.15) is 13.2 Å². The predicted octanol–water partition coefficient (Wildman–Crippen LogP) is 5.28. The van der Waals surface area contributed by atoms with E-state index in [4.69, 9.17) is 11.6 Å². The highest BCUT2D eigenvalue weighted by Crippen LogP contribution is 2.37. The molecule has 5 nitrogen and oxygen atoms in total. The number of hydrogen-bond donors (Lipinski definition) is 1. The van der Waals surface area contributed by atoms with Gasteiger partial charge < -0.3 is 5.32 Å². The Hall–Kier alpha value is -2.13. The van der Waals surface area contributed by atoms with E-state index in [1.807, 2.05) is 0 Å². The van der Waals surface area contributed by atoms with Crippen molar-refractivity contribution in [3.8, 4) is 0 Å². The second-order valence-electron chi connectivity index (χ2n) is 4.56. The average Bonchev–Trinajstić information content (AvgIpc) is 2.48. The Morgan fingerprint density at radius 2 is 1.88 bits per heavy atom. The quantitative estimate of drug-likeness (QED) is 0.539. The molecule has 0 spiro atoms. The van der Waals surface area contributed by atoms with Gasteiger partial charge in [0.2, 0.25) is 0 Å². The molecule has 0 atom stereocenters. The van der Waals surface area contributed by atoms with E-state index in [0.29, 0.717) is 6.07 Å². The van der Waals surface area contributed by atoms with Gasteiger partial charge in [-0.3, -0.25) is 14.9 Å². The number of nitrogens with one attached hydrogen (secondary N) is 1. The maximum Gasteiger partial charge on any atom is 0.418 e. The molecule has 24 heavy (non-hydrogen) atoms. The summed E-state index contributed by atoms with van der Waals surface area (Å²) in [5, 5.41) is 12.7. The van der Waals surface area contributed by atoms with E-state index in [1.54, 1.807) is 0 Å². The van der Waals surface area contributed by atoms with E-state index in [9.17, 15) is 28.1 Å². The van der Waals surface area contributed by atoms with Crippen LogP contribution in [0.25, 0.3) is 0 Å². The summed E-state index contributed by atoms with van der Waals surface area (Å²) in [5.74, 6) is -0.932. The van der Waals surface area contributed by atoms with Crippen LogP contribution in [-0.2, 0) is 6.18 Å². The molecular weight excluding hydrogens is 417 g/mol. The van der Waals surface area contributed by atoms with Gasteiger partial charge in [0.1, 0.15) is 0 Å². The zero-order chi connectivity index (χ0) is 18.1. The summed E-state index contributed by atoms with van der Waals surface area (Å²) < 4.78 is 39.3. The zero-order valence-corrected chi connectivity index (χ0v) is 13.9. The van der Waals surface area contributed by atoms with Crippen LogP contribution >= 0.6 is 27.5 Å². The number of benzene rings is 2. The summed E-state index contributed by atoms with van der Waals surface area (Å²) in [4.78, 5) is 22.3. The van der Waals surface area contributed by atoms with Crippen molar-refractivity contribution in [1.82, 2.24) is 0 Å². The number of amides is 1. The number of alkyl halides is 3. The molecule has 1 N–H and O–H groups in total. The molecule has 0 heterocycles. The third-order valence-corrected chi connectivity index (χ3v) is 3.87. The number of rotatable bonds is 3. The minimum Gasteiger partial charge on any atom is -0.321 e. The van der Waals surface area contributed by atoms with Gasteiger partial charge in [0.15, 0.2) is 0 Å². The lowest BCUT2D eigenvalue weighted by molar-refractivity contribution is -0.384. The Bertz CT molecular complexity index is 827. The normalized spacial score (nSPS) is 11.2. The van der Waals surface area contributed by atoms with Crippen molar-refractivity contribution in [2.24, 2.45) is 0 Å². The minimum absolute atomic E-state index is 0.142. The number of hydrogen-bond acceptors (Lipinski definition) is 3. The van der Waals surface area contributed by atoms with Crippen LogP contribution in [0.15, 0.2) is 40.9 Å². The topological polar surface area (TPSA) is 72.2 Å². The summed E-state index contributed by atoms with van der Waals surface area (Å²) in [6.07, 6.45) is -4.73. The van der Waals surface area contributed by atoms with Crippen molar-refractivity contribution < 1.29 is 22.9 Å². The van der Waals surface area contributed by atoms with E-state index in [0.717, 1.165) is 18.2 Å². The Morgan fingerprint density at radius 1 is 1.21 bits per heavy atom. The largest absolute Gasteiger partial charge is 0.418 e. The molecule has 1 amide bonds. The maximum atomic E-state index is 13.0. The van der Waals surface area contributed by atoms with Crippen molar-refractivity contribution in [1.29, 1.82) is 0 Å². The summed E-state index contributed by atoms with van der Waals surface area (Å²) in [6, 6.07) is 6.26. The Labute approximate surface area is 146 Å². The van der Waals surface area contributed by atoms with Gasteiger partial charge in [-0.1, -0.05) is 11.6 Å². The standard InChI is InChI=1S/C14H7BrClF3N2O3/c15-11-3-2-8(21(23)24)6-9(11)13(22)20-12-4-1-7(16)5-10(12)14(17,18)19/h1-6H,(H,20,22). The number of nitro groups is 1. The molecule has 10 heteroatoms. The van der Waals surface area contributed by atoms with Crippen molar-refractivity contribution in [3.63, 3.8) is 0 Å². The number of carbonyl (C=O) groups excluding carboxylic acids is 1. The number of non-ortho nitro benzene ring substituents is 1. The zero-order valence-electron chi connectivity index (χ0n) is 11.5. The molecule has 0 aliphatic heterocycles. The Balaban J connectivity index is 2.41. The lowest BCUT2D eigenvalue weighted by Crippen LogP contribution is -2.17. The van der Waals surface area contributed by atoms with Gasteiger partial charge in [0, 0.05) is 21.6 Å². The molecule has 0 radical (unpaired) electrons. The van der Waals surface area contributed by atoms with Crippen LogP contribution in [0.3, 0.4) is 0 Å². The molecular formula is C14H7BrClF3N2O3.